The maximum absolute atomic E-state index is 6.42. The van der Waals surface area contributed by atoms with E-state index in [9.17, 15) is 0 Å². The van der Waals surface area contributed by atoms with Crippen LogP contribution in [0.1, 0.15) is 56.2 Å². The number of benzene rings is 1. The summed E-state index contributed by atoms with van der Waals surface area (Å²) in [5, 5.41) is 1.32. The number of nitrogens with two attached hydrogens (primary N) is 1. The van der Waals surface area contributed by atoms with E-state index in [1.807, 2.05) is 0 Å². The molecule has 96 valence electrons. The van der Waals surface area contributed by atoms with E-state index in [2.05, 4.69) is 43.2 Å². The number of aromatic nitrogens is 1. The number of hydrogen-bond acceptors (Lipinski definition) is 1. The maximum atomic E-state index is 6.42. The molecule has 0 spiro atoms. The summed E-state index contributed by atoms with van der Waals surface area (Å²) >= 11 is 0. The van der Waals surface area contributed by atoms with Gasteiger partial charge in [0.25, 0.3) is 0 Å². The predicted molar refractivity (Wildman–Crippen MR) is 76.7 cm³/mol. The maximum Gasteiger partial charge on any atom is 0.0492 e. The molecular formula is C16H22N2. The fourth-order valence-corrected chi connectivity index (χ4v) is 3.01. The van der Waals surface area contributed by atoms with Crippen LogP contribution in [0, 0.1) is 5.92 Å². The van der Waals surface area contributed by atoms with E-state index >= 15 is 0 Å². The SMILES string of the molecule is CC(C)c1cccc2c(C(N)C3CCC3)c[nH]c12. The molecule has 1 aromatic heterocycles. The second-order valence-corrected chi connectivity index (χ2v) is 5.89. The molecule has 2 aromatic rings. The summed E-state index contributed by atoms with van der Waals surface area (Å²) in [5.74, 6) is 1.23. The van der Waals surface area contributed by atoms with Gasteiger partial charge in [0.2, 0.25) is 0 Å². The van der Waals surface area contributed by atoms with Gasteiger partial charge in [0, 0.05) is 23.1 Å². The van der Waals surface area contributed by atoms with Gasteiger partial charge in [-0.15, -0.1) is 0 Å². The second-order valence-electron chi connectivity index (χ2n) is 5.89. The van der Waals surface area contributed by atoms with Crippen LogP contribution in [-0.2, 0) is 0 Å². The lowest BCUT2D eigenvalue weighted by molar-refractivity contribution is 0.265. The van der Waals surface area contributed by atoms with Crippen LogP contribution in [0.25, 0.3) is 10.9 Å². The Morgan fingerprint density at radius 3 is 2.61 bits per heavy atom. The molecule has 1 aliphatic rings. The third kappa shape index (κ3) is 1.76. The zero-order valence-electron chi connectivity index (χ0n) is 11.2. The summed E-state index contributed by atoms with van der Waals surface area (Å²) < 4.78 is 0. The zero-order valence-corrected chi connectivity index (χ0v) is 11.2. The fourth-order valence-electron chi connectivity index (χ4n) is 3.01. The van der Waals surface area contributed by atoms with Crippen molar-refractivity contribution in [2.45, 2.75) is 45.1 Å². The van der Waals surface area contributed by atoms with Crippen LogP contribution < -0.4 is 5.73 Å². The van der Waals surface area contributed by atoms with Gasteiger partial charge in [-0.3, -0.25) is 0 Å². The topological polar surface area (TPSA) is 41.8 Å². The highest BCUT2D eigenvalue weighted by molar-refractivity contribution is 5.87. The first-order valence-corrected chi connectivity index (χ1v) is 7.04. The third-order valence-electron chi connectivity index (χ3n) is 4.42. The van der Waals surface area contributed by atoms with Gasteiger partial charge in [-0.1, -0.05) is 38.5 Å². The number of para-hydroxylation sites is 1. The lowest BCUT2D eigenvalue weighted by Crippen LogP contribution is -2.26. The Balaban J connectivity index is 2.06. The highest BCUT2D eigenvalue weighted by atomic mass is 14.7. The van der Waals surface area contributed by atoms with E-state index in [1.165, 1.54) is 41.3 Å². The van der Waals surface area contributed by atoms with Gasteiger partial charge in [-0.05, 0) is 35.8 Å². The minimum absolute atomic E-state index is 0.204. The van der Waals surface area contributed by atoms with Gasteiger partial charge in [0.15, 0.2) is 0 Å². The molecule has 0 aliphatic heterocycles. The minimum Gasteiger partial charge on any atom is -0.361 e. The van der Waals surface area contributed by atoms with Crippen molar-refractivity contribution in [2.75, 3.05) is 0 Å². The number of nitrogens with one attached hydrogen (secondary N) is 1. The predicted octanol–water partition coefficient (Wildman–Crippen LogP) is 4.09. The molecule has 3 N–H and O–H groups in total. The lowest BCUT2D eigenvalue weighted by atomic mass is 9.77. The molecular weight excluding hydrogens is 220 g/mol. The van der Waals surface area contributed by atoms with Gasteiger partial charge in [-0.2, -0.15) is 0 Å². The Morgan fingerprint density at radius 1 is 1.22 bits per heavy atom. The van der Waals surface area contributed by atoms with Crippen molar-refractivity contribution in [3.8, 4) is 0 Å². The molecule has 0 radical (unpaired) electrons. The summed E-state index contributed by atoms with van der Waals surface area (Å²) in [5.41, 5.74) is 10.4. The molecule has 1 aromatic carbocycles. The summed E-state index contributed by atoms with van der Waals surface area (Å²) in [4.78, 5) is 3.44. The molecule has 0 saturated heterocycles. The largest absolute Gasteiger partial charge is 0.361 e. The number of hydrogen-bond donors (Lipinski definition) is 2. The Labute approximate surface area is 109 Å². The molecule has 1 fully saturated rings. The van der Waals surface area contributed by atoms with Crippen molar-refractivity contribution in [1.82, 2.24) is 4.98 Å². The van der Waals surface area contributed by atoms with Gasteiger partial charge >= 0.3 is 0 Å². The number of aromatic amines is 1. The average molecular weight is 242 g/mol. The lowest BCUT2D eigenvalue weighted by Gasteiger charge is -2.31. The Hall–Kier alpha value is -1.28. The smallest absolute Gasteiger partial charge is 0.0492 e. The number of H-pyrrole nitrogens is 1. The molecule has 0 amide bonds. The molecule has 1 unspecified atom stereocenters. The Morgan fingerprint density at radius 2 is 2.00 bits per heavy atom. The monoisotopic (exact) mass is 242 g/mol. The van der Waals surface area contributed by atoms with E-state index in [0.29, 0.717) is 11.8 Å². The summed E-state index contributed by atoms with van der Waals surface area (Å²) in [7, 11) is 0. The van der Waals surface area contributed by atoms with Gasteiger partial charge in [-0.25, -0.2) is 0 Å². The van der Waals surface area contributed by atoms with Crippen LogP contribution in [0.5, 0.6) is 0 Å². The van der Waals surface area contributed by atoms with Crippen LogP contribution >= 0.6 is 0 Å². The van der Waals surface area contributed by atoms with E-state index < -0.39 is 0 Å². The van der Waals surface area contributed by atoms with E-state index in [-0.39, 0.29) is 6.04 Å². The summed E-state index contributed by atoms with van der Waals surface area (Å²) in [6, 6.07) is 6.77. The molecule has 2 nitrogen and oxygen atoms in total. The van der Waals surface area contributed by atoms with E-state index in [4.69, 9.17) is 5.73 Å². The van der Waals surface area contributed by atoms with Crippen molar-refractivity contribution in [3.05, 3.63) is 35.5 Å². The first-order chi connectivity index (χ1) is 8.68. The standard InChI is InChI=1S/C16H22N2/c1-10(2)12-7-4-8-13-14(9-18-16(12)13)15(17)11-5-3-6-11/h4,7-11,15,18H,3,5-6,17H2,1-2H3. The molecule has 2 heteroatoms. The average Bonchev–Trinajstić information content (AvgIpc) is 2.69. The van der Waals surface area contributed by atoms with Gasteiger partial charge in [0.1, 0.15) is 0 Å². The first-order valence-electron chi connectivity index (χ1n) is 7.04. The van der Waals surface area contributed by atoms with Crippen LogP contribution in [0.3, 0.4) is 0 Å². The Kier molecular flexibility index (Phi) is 2.90. The van der Waals surface area contributed by atoms with Crippen LogP contribution in [0.2, 0.25) is 0 Å². The van der Waals surface area contributed by atoms with Gasteiger partial charge < -0.3 is 10.7 Å². The molecule has 1 aliphatic carbocycles. The first kappa shape index (κ1) is 11.8. The van der Waals surface area contributed by atoms with Crippen molar-refractivity contribution in [3.63, 3.8) is 0 Å². The zero-order chi connectivity index (χ0) is 12.7. The molecule has 3 rings (SSSR count). The van der Waals surface area contributed by atoms with Gasteiger partial charge in [0.05, 0.1) is 0 Å². The quantitative estimate of drug-likeness (QED) is 0.836. The van der Waals surface area contributed by atoms with Crippen molar-refractivity contribution < 1.29 is 0 Å². The number of rotatable bonds is 3. The van der Waals surface area contributed by atoms with Crippen LogP contribution in [0.4, 0.5) is 0 Å². The highest BCUT2D eigenvalue weighted by Crippen LogP contribution is 2.39. The normalized spacial score (nSPS) is 18.2. The molecule has 0 bridgehead atoms. The van der Waals surface area contributed by atoms with Crippen LogP contribution in [-0.4, -0.2) is 4.98 Å². The minimum atomic E-state index is 0.204. The summed E-state index contributed by atoms with van der Waals surface area (Å²) in [6.45, 7) is 4.47. The number of fused-ring (bicyclic) bond motifs is 1. The molecule has 1 heterocycles. The van der Waals surface area contributed by atoms with Crippen LogP contribution in [0.15, 0.2) is 24.4 Å². The molecule has 1 saturated carbocycles. The molecule has 18 heavy (non-hydrogen) atoms. The van der Waals surface area contributed by atoms with E-state index in [0.717, 1.165) is 0 Å². The van der Waals surface area contributed by atoms with Crippen molar-refractivity contribution in [2.24, 2.45) is 11.7 Å². The highest BCUT2D eigenvalue weighted by Gasteiger charge is 2.27. The molecule has 1 atom stereocenters. The third-order valence-corrected chi connectivity index (χ3v) is 4.42. The van der Waals surface area contributed by atoms with Crippen molar-refractivity contribution >= 4 is 10.9 Å². The summed E-state index contributed by atoms with van der Waals surface area (Å²) in [6.07, 6.45) is 6.05. The fraction of sp³-hybridized carbons (Fsp3) is 0.500. The van der Waals surface area contributed by atoms with E-state index in [1.54, 1.807) is 0 Å². The Bertz CT molecular complexity index is 549. The second kappa shape index (κ2) is 4.43. The van der Waals surface area contributed by atoms with Crippen molar-refractivity contribution in [1.29, 1.82) is 0 Å².